The molecule has 2 aromatic heterocycles. The number of hydrazone groups is 1. The number of aryl methyl sites for hydroxylation is 1. The van der Waals surface area contributed by atoms with E-state index >= 15 is 0 Å². The zero-order valence-electron chi connectivity index (χ0n) is 19.1. The standard InChI is InChI=1S/C26H21IN6O3/c1-13-11-16(12-29-23(13)27-2)14-7-9-15(10-8-14)19-20-22(17-5-3-4-6-18(17)35-26(20)34)36-24(28)21(19)25-30-32-33-31-25/h3-12,19,32-33H,2,28H2,1H3,(H,30,31). The van der Waals surface area contributed by atoms with Crippen LogP contribution in [0.3, 0.4) is 0 Å². The Bertz CT molecular complexity index is 1660. The van der Waals surface area contributed by atoms with Gasteiger partial charge in [0.2, 0.25) is 0 Å². The van der Waals surface area contributed by atoms with Crippen molar-refractivity contribution in [3.8, 4) is 16.9 Å². The minimum Gasteiger partial charge on any atom is -0.440 e. The van der Waals surface area contributed by atoms with Crippen molar-refractivity contribution in [3.63, 3.8) is 0 Å². The highest BCUT2D eigenvalue weighted by Crippen LogP contribution is 2.44. The summed E-state index contributed by atoms with van der Waals surface area (Å²) in [6.07, 6.45) is 1.88. The number of aromatic nitrogens is 1. The molecule has 9 nitrogen and oxygen atoms in total. The van der Waals surface area contributed by atoms with E-state index in [0.717, 1.165) is 26.0 Å². The summed E-state index contributed by atoms with van der Waals surface area (Å²) in [6, 6.07) is 17.3. The van der Waals surface area contributed by atoms with Gasteiger partial charge in [-0.25, -0.2) is 15.3 Å². The number of hydrazine groups is 2. The maximum atomic E-state index is 13.3. The minimum atomic E-state index is -0.574. The van der Waals surface area contributed by atoms with E-state index in [2.05, 4.69) is 44.1 Å². The van der Waals surface area contributed by atoms with Crippen LogP contribution in [0.25, 0.3) is 22.1 Å². The molecule has 4 aromatic rings. The van der Waals surface area contributed by atoms with Crippen LogP contribution in [0, 0.1) is 10.6 Å². The number of benzene rings is 2. The first-order chi connectivity index (χ1) is 17.5. The van der Waals surface area contributed by atoms with Crippen LogP contribution in [-0.2, 0) is 0 Å². The van der Waals surface area contributed by atoms with Crippen LogP contribution in [0.15, 0.2) is 86.6 Å². The molecule has 0 spiro atoms. The molecule has 36 heavy (non-hydrogen) atoms. The Morgan fingerprint density at radius 2 is 1.92 bits per heavy atom. The third-order valence-corrected chi connectivity index (χ3v) is 8.08. The van der Waals surface area contributed by atoms with Gasteiger partial charge in [0.1, 0.15) is 5.58 Å². The molecule has 0 bridgehead atoms. The molecular formula is C26H21IN6O3. The van der Waals surface area contributed by atoms with Crippen LogP contribution < -0.4 is 32.6 Å². The summed E-state index contributed by atoms with van der Waals surface area (Å²) < 4.78 is 16.9. The predicted octanol–water partition coefficient (Wildman–Crippen LogP) is 3.36. The van der Waals surface area contributed by atoms with Gasteiger partial charge >= 0.3 is 5.63 Å². The summed E-state index contributed by atoms with van der Waals surface area (Å²) in [5.41, 5.74) is 19.6. The second-order valence-corrected chi connectivity index (χ2v) is 10.1. The fraction of sp³-hybridized carbons (Fsp3) is 0.0769. The summed E-state index contributed by atoms with van der Waals surface area (Å²) in [6.45, 7) is 2.06. The average molecular weight is 592 g/mol. The maximum absolute atomic E-state index is 13.3. The van der Waals surface area contributed by atoms with Gasteiger partial charge in [-0.05, 0) is 41.8 Å². The van der Waals surface area contributed by atoms with Gasteiger partial charge in [-0.1, -0.05) is 61.6 Å². The lowest BCUT2D eigenvalue weighted by atomic mass is 9.82. The van der Waals surface area contributed by atoms with Crippen LogP contribution in [0.2, 0.25) is 0 Å². The number of hydrogen-bond acceptors (Lipinski definition) is 9. The van der Waals surface area contributed by atoms with Gasteiger partial charge < -0.3 is 14.9 Å². The predicted molar refractivity (Wildman–Crippen MR) is 147 cm³/mol. The van der Waals surface area contributed by atoms with E-state index in [9.17, 15) is 4.79 Å². The second kappa shape index (κ2) is 8.88. The molecule has 1 atom stereocenters. The Kier molecular flexibility index (Phi) is 5.53. The number of amidine groups is 1. The first kappa shape index (κ1) is 22.4. The zero-order valence-corrected chi connectivity index (χ0v) is 21.3. The molecule has 5 N–H and O–H groups in total. The fourth-order valence-corrected chi connectivity index (χ4v) is 5.68. The maximum Gasteiger partial charge on any atom is 0.344 e. The third kappa shape index (κ3) is 3.65. The molecule has 1 unspecified atom stereocenters. The van der Waals surface area contributed by atoms with E-state index in [0.29, 0.717) is 33.7 Å². The number of pyridine rings is 1. The van der Waals surface area contributed by atoms with Gasteiger partial charge in [0.15, 0.2) is 17.5 Å². The second-order valence-electron chi connectivity index (χ2n) is 8.35. The van der Waals surface area contributed by atoms with Gasteiger partial charge in [0.25, 0.3) is 0 Å². The molecule has 6 rings (SSSR count). The number of rotatable bonds is 4. The van der Waals surface area contributed by atoms with Crippen molar-refractivity contribution < 1.29 is 9.15 Å². The molecule has 0 fully saturated rings. The van der Waals surface area contributed by atoms with Crippen molar-refractivity contribution in [2.45, 2.75) is 12.8 Å². The number of halogens is 1. The van der Waals surface area contributed by atoms with Crippen molar-refractivity contribution in [1.29, 1.82) is 0 Å². The van der Waals surface area contributed by atoms with Crippen LogP contribution >= 0.6 is 20.7 Å². The van der Waals surface area contributed by atoms with E-state index in [1.54, 1.807) is 12.1 Å². The Hall–Kier alpha value is -4.03. The molecule has 0 saturated carbocycles. The van der Waals surface area contributed by atoms with Crippen molar-refractivity contribution in [2.24, 2.45) is 10.8 Å². The summed E-state index contributed by atoms with van der Waals surface area (Å²) in [4.78, 5) is 17.9. The Balaban J connectivity index is 1.52. The van der Waals surface area contributed by atoms with Gasteiger partial charge in [-0.15, -0.1) is 10.6 Å². The minimum absolute atomic E-state index is 0.149. The molecule has 2 aromatic carbocycles. The monoisotopic (exact) mass is 592 g/mol. The zero-order chi connectivity index (χ0) is 24.8. The van der Waals surface area contributed by atoms with E-state index in [1.165, 1.54) is 0 Å². The van der Waals surface area contributed by atoms with E-state index in [1.807, 2.05) is 42.6 Å². The highest BCUT2D eigenvalue weighted by molar-refractivity contribution is 14.2. The molecule has 0 saturated heterocycles. The number of hydrogen-bond donors (Lipinski definition) is 4. The van der Waals surface area contributed by atoms with Gasteiger partial charge in [0.05, 0.1) is 26.1 Å². The van der Waals surface area contributed by atoms with Crippen LogP contribution in [0.4, 0.5) is 0 Å². The fourth-order valence-electron chi connectivity index (χ4n) is 4.58. The Morgan fingerprint density at radius 3 is 2.64 bits per heavy atom. The number of nitrogens with one attached hydrogen (secondary N) is 3. The molecule has 10 heteroatoms. The van der Waals surface area contributed by atoms with E-state index in [4.69, 9.17) is 14.9 Å². The first-order valence-electron chi connectivity index (χ1n) is 11.1. The van der Waals surface area contributed by atoms with Gasteiger partial charge in [-0.2, -0.15) is 0 Å². The van der Waals surface area contributed by atoms with Crippen LogP contribution in [-0.4, -0.2) is 15.3 Å². The Morgan fingerprint density at radius 1 is 1.11 bits per heavy atom. The number of fused-ring (bicyclic) bond motifs is 3. The molecule has 4 heterocycles. The molecule has 2 aliphatic rings. The van der Waals surface area contributed by atoms with Crippen LogP contribution in [0.1, 0.15) is 22.6 Å². The smallest absolute Gasteiger partial charge is 0.344 e. The lowest BCUT2D eigenvalue weighted by Gasteiger charge is -2.28. The molecule has 180 valence electrons. The third-order valence-electron chi connectivity index (χ3n) is 6.23. The van der Waals surface area contributed by atoms with Gasteiger partial charge in [-0.3, -0.25) is 5.43 Å². The largest absolute Gasteiger partial charge is 0.440 e. The first-order valence-corrected chi connectivity index (χ1v) is 13.7. The molecule has 0 radical (unpaired) electrons. The Labute approximate surface area is 215 Å². The lowest BCUT2D eigenvalue weighted by Crippen LogP contribution is -2.39. The summed E-state index contributed by atoms with van der Waals surface area (Å²) in [7, 11) is 0. The molecule has 0 aliphatic carbocycles. The van der Waals surface area contributed by atoms with Crippen molar-refractivity contribution in [1.82, 2.24) is 21.5 Å². The highest BCUT2D eigenvalue weighted by atomic mass is 127. The molecule has 0 amide bonds. The number of ether oxygens (including phenoxy) is 1. The molecule has 2 aliphatic heterocycles. The quantitative estimate of drug-likeness (QED) is 0.162. The van der Waals surface area contributed by atoms with Gasteiger partial charge in [0, 0.05) is 11.8 Å². The van der Waals surface area contributed by atoms with E-state index < -0.39 is 11.5 Å². The van der Waals surface area contributed by atoms with Crippen molar-refractivity contribution >= 4 is 42.1 Å². The SMILES string of the molecule is C=Ic1ncc(-c2ccc(C3C(C4=NNNN4)=C(N)Oc4c3c(=O)oc3ccccc43)cc2)cc1C. The lowest BCUT2D eigenvalue weighted by molar-refractivity contribution is 0.388. The normalized spacial score (nSPS) is 16.7. The molecular weight excluding hydrogens is 571 g/mol. The highest BCUT2D eigenvalue weighted by Gasteiger charge is 2.38. The van der Waals surface area contributed by atoms with Crippen molar-refractivity contribution in [2.75, 3.05) is 0 Å². The number of nitrogens with two attached hydrogens (primary N) is 1. The topological polar surface area (TPSA) is 127 Å². The van der Waals surface area contributed by atoms with Crippen LogP contribution in [0.5, 0.6) is 5.75 Å². The number of nitrogens with zero attached hydrogens (tertiary/aromatic N) is 2. The summed E-state index contributed by atoms with van der Waals surface area (Å²) in [5, 5.41) is 4.89. The number of para-hydroxylation sites is 1. The summed E-state index contributed by atoms with van der Waals surface area (Å²) >= 11 is -0.321. The summed E-state index contributed by atoms with van der Waals surface area (Å²) in [5.74, 6) is 0.390. The van der Waals surface area contributed by atoms with E-state index in [-0.39, 0.29) is 26.6 Å². The van der Waals surface area contributed by atoms with Crippen molar-refractivity contribution in [3.05, 3.63) is 103 Å². The average Bonchev–Trinajstić information content (AvgIpc) is 3.42.